The lowest BCUT2D eigenvalue weighted by Gasteiger charge is -2.49. The third-order valence-corrected chi connectivity index (χ3v) is 5.28. The molecule has 0 amide bonds. The number of rotatable bonds is 9. The van der Waals surface area contributed by atoms with E-state index in [1.807, 2.05) is 0 Å². The van der Waals surface area contributed by atoms with Crippen LogP contribution in [0.1, 0.15) is 86.0 Å². The highest BCUT2D eigenvalue weighted by Crippen LogP contribution is 2.33. The average Bonchev–Trinajstić information content (AvgIpc) is 2.50. The van der Waals surface area contributed by atoms with E-state index in [-0.39, 0.29) is 23.0 Å². The predicted molar refractivity (Wildman–Crippen MR) is 114 cm³/mol. The van der Waals surface area contributed by atoms with Crippen LogP contribution in [0, 0.1) is 0 Å². The molecule has 1 aromatic heterocycles. The van der Waals surface area contributed by atoms with Gasteiger partial charge in [-0.05, 0) is 47.0 Å². The quantitative estimate of drug-likeness (QED) is 0.565. The van der Waals surface area contributed by atoms with Crippen LogP contribution in [0.15, 0.2) is 0 Å². The number of nitrogens with one attached hydrogen (secondary N) is 1. The van der Waals surface area contributed by atoms with Crippen molar-refractivity contribution in [1.82, 2.24) is 20.3 Å². The molecule has 1 aliphatic heterocycles. The van der Waals surface area contributed by atoms with Crippen LogP contribution in [0.25, 0.3) is 0 Å². The van der Waals surface area contributed by atoms with Crippen LogP contribution < -0.4 is 21.7 Å². The zero-order valence-electron chi connectivity index (χ0n) is 17.9. The summed E-state index contributed by atoms with van der Waals surface area (Å²) in [6, 6.07) is 0.341. The molecule has 0 atom stereocenters. The van der Waals surface area contributed by atoms with Gasteiger partial charge in [0.15, 0.2) is 0 Å². The molecule has 27 heavy (non-hydrogen) atoms. The molecule has 1 aromatic rings. The number of nitrogens with zero attached hydrogens (tertiary/aromatic N) is 4. The lowest BCUT2D eigenvalue weighted by atomic mass is 9.79. The first-order chi connectivity index (χ1) is 12.6. The standard InChI is InChI=1S/C20H39N7/c1-6-7-8-9-10-11-12-27(18-24-16(21)23-17(22)25-18)15-13-19(2,3)26-20(4,5)14-15/h15,26H,6-14H2,1-5H3,(H4,21,22,23,24,25). The van der Waals surface area contributed by atoms with Crippen molar-refractivity contribution in [1.29, 1.82) is 0 Å². The zero-order valence-corrected chi connectivity index (χ0v) is 17.9. The van der Waals surface area contributed by atoms with Crippen LogP contribution in [-0.4, -0.2) is 38.6 Å². The van der Waals surface area contributed by atoms with Crippen molar-refractivity contribution < 1.29 is 0 Å². The fourth-order valence-corrected chi connectivity index (χ4v) is 4.52. The number of unbranched alkanes of at least 4 members (excludes halogenated alkanes) is 5. The fraction of sp³-hybridized carbons (Fsp3) is 0.850. The fourth-order valence-electron chi connectivity index (χ4n) is 4.52. The Kier molecular flexibility index (Phi) is 7.25. The Hall–Kier alpha value is -1.63. The van der Waals surface area contributed by atoms with E-state index < -0.39 is 0 Å². The molecule has 0 aliphatic carbocycles. The second-order valence-corrected chi connectivity index (χ2v) is 9.27. The van der Waals surface area contributed by atoms with Crippen molar-refractivity contribution >= 4 is 17.8 Å². The number of anilines is 3. The SMILES string of the molecule is CCCCCCCCN(c1nc(N)nc(N)n1)C1CC(C)(C)NC(C)(C)C1. The summed E-state index contributed by atoms with van der Waals surface area (Å²) in [7, 11) is 0. The average molecular weight is 378 g/mol. The largest absolute Gasteiger partial charge is 0.368 e. The number of piperidine rings is 1. The van der Waals surface area contributed by atoms with E-state index in [2.05, 4.69) is 59.8 Å². The number of nitrogen functional groups attached to an aromatic ring is 2. The van der Waals surface area contributed by atoms with Crippen LogP contribution in [0.3, 0.4) is 0 Å². The highest BCUT2D eigenvalue weighted by atomic mass is 15.3. The van der Waals surface area contributed by atoms with E-state index >= 15 is 0 Å². The van der Waals surface area contributed by atoms with Crippen LogP contribution >= 0.6 is 0 Å². The Morgan fingerprint density at radius 2 is 1.41 bits per heavy atom. The summed E-state index contributed by atoms with van der Waals surface area (Å²) in [6.07, 6.45) is 9.59. The van der Waals surface area contributed by atoms with Crippen molar-refractivity contribution in [3.8, 4) is 0 Å². The minimum absolute atomic E-state index is 0.0515. The van der Waals surface area contributed by atoms with Crippen LogP contribution in [0.5, 0.6) is 0 Å². The van der Waals surface area contributed by atoms with E-state index in [1.165, 1.54) is 32.1 Å². The van der Waals surface area contributed by atoms with Gasteiger partial charge in [0, 0.05) is 23.7 Å². The van der Waals surface area contributed by atoms with Gasteiger partial charge in [-0.25, -0.2) is 0 Å². The molecule has 1 aliphatic rings. The highest BCUT2D eigenvalue weighted by Gasteiger charge is 2.40. The number of hydrogen-bond acceptors (Lipinski definition) is 7. The Labute approximate surface area is 164 Å². The third-order valence-electron chi connectivity index (χ3n) is 5.28. The van der Waals surface area contributed by atoms with Crippen molar-refractivity contribution in [3.63, 3.8) is 0 Å². The van der Waals surface area contributed by atoms with Gasteiger partial charge in [0.1, 0.15) is 0 Å². The first-order valence-electron chi connectivity index (χ1n) is 10.4. The summed E-state index contributed by atoms with van der Waals surface area (Å²) >= 11 is 0. The number of aromatic nitrogens is 3. The van der Waals surface area contributed by atoms with Crippen LogP contribution in [-0.2, 0) is 0 Å². The van der Waals surface area contributed by atoms with Gasteiger partial charge in [0.2, 0.25) is 17.8 Å². The minimum Gasteiger partial charge on any atom is -0.368 e. The molecular weight excluding hydrogens is 338 g/mol. The van der Waals surface area contributed by atoms with Gasteiger partial charge in [-0.15, -0.1) is 0 Å². The molecule has 5 N–H and O–H groups in total. The topological polar surface area (TPSA) is 106 Å². The zero-order chi connectivity index (χ0) is 20.1. The van der Waals surface area contributed by atoms with Crippen molar-refractivity contribution in [2.45, 2.75) is 103 Å². The molecule has 0 aromatic carbocycles. The lowest BCUT2D eigenvalue weighted by molar-refractivity contribution is 0.157. The van der Waals surface area contributed by atoms with Crippen molar-refractivity contribution in [3.05, 3.63) is 0 Å². The molecule has 0 radical (unpaired) electrons. The maximum atomic E-state index is 5.86. The second kappa shape index (κ2) is 9.04. The number of nitrogens with two attached hydrogens (primary N) is 2. The van der Waals surface area contributed by atoms with Gasteiger partial charge < -0.3 is 21.7 Å². The van der Waals surface area contributed by atoms with E-state index in [0.717, 1.165) is 25.8 Å². The summed E-state index contributed by atoms with van der Waals surface area (Å²) in [4.78, 5) is 15.1. The van der Waals surface area contributed by atoms with Gasteiger partial charge in [0.25, 0.3) is 0 Å². The maximum absolute atomic E-state index is 5.86. The predicted octanol–water partition coefficient (Wildman–Crippen LogP) is 3.51. The van der Waals surface area contributed by atoms with Gasteiger partial charge in [-0.2, -0.15) is 15.0 Å². The summed E-state index contributed by atoms with van der Waals surface area (Å²) < 4.78 is 0. The molecule has 2 rings (SSSR count). The molecule has 0 saturated carbocycles. The van der Waals surface area contributed by atoms with E-state index in [9.17, 15) is 0 Å². The molecule has 0 unspecified atom stereocenters. The summed E-state index contributed by atoms with van der Waals surface area (Å²) in [6.45, 7) is 12.2. The summed E-state index contributed by atoms with van der Waals surface area (Å²) in [5.74, 6) is 1.00. The Morgan fingerprint density at radius 1 is 0.889 bits per heavy atom. The van der Waals surface area contributed by atoms with Gasteiger partial charge >= 0.3 is 0 Å². The first kappa shape index (κ1) is 21.7. The van der Waals surface area contributed by atoms with Crippen LogP contribution in [0.4, 0.5) is 17.8 Å². The van der Waals surface area contributed by atoms with Crippen molar-refractivity contribution in [2.24, 2.45) is 0 Å². The smallest absolute Gasteiger partial charge is 0.232 e. The molecule has 7 heteroatoms. The van der Waals surface area contributed by atoms with Gasteiger partial charge in [0.05, 0.1) is 0 Å². The second-order valence-electron chi connectivity index (χ2n) is 9.27. The Balaban J connectivity index is 2.16. The first-order valence-corrected chi connectivity index (χ1v) is 10.4. The third kappa shape index (κ3) is 6.79. The molecular formula is C20H39N7. The summed E-state index contributed by atoms with van der Waals surface area (Å²) in [5.41, 5.74) is 11.8. The molecule has 2 heterocycles. The monoisotopic (exact) mass is 377 g/mol. The molecule has 1 fully saturated rings. The lowest BCUT2D eigenvalue weighted by Crippen LogP contribution is -2.62. The van der Waals surface area contributed by atoms with Crippen LogP contribution in [0.2, 0.25) is 0 Å². The molecule has 154 valence electrons. The summed E-state index contributed by atoms with van der Waals surface area (Å²) in [5, 5.41) is 3.75. The Morgan fingerprint density at radius 3 is 1.96 bits per heavy atom. The highest BCUT2D eigenvalue weighted by molar-refractivity contribution is 5.41. The van der Waals surface area contributed by atoms with Gasteiger partial charge in [-0.3, -0.25) is 0 Å². The van der Waals surface area contributed by atoms with E-state index in [1.54, 1.807) is 0 Å². The Bertz CT molecular complexity index is 564. The van der Waals surface area contributed by atoms with Crippen molar-refractivity contribution in [2.75, 3.05) is 22.9 Å². The van der Waals surface area contributed by atoms with E-state index in [0.29, 0.717) is 12.0 Å². The molecule has 0 spiro atoms. The number of hydrogen-bond donors (Lipinski definition) is 3. The normalized spacial score (nSPS) is 19.1. The minimum atomic E-state index is 0.0515. The van der Waals surface area contributed by atoms with Gasteiger partial charge in [-0.1, -0.05) is 39.0 Å². The molecule has 7 nitrogen and oxygen atoms in total. The molecule has 1 saturated heterocycles. The molecule has 0 bridgehead atoms. The maximum Gasteiger partial charge on any atom is 0.232 e. The van der Waals surface area contributed by atoms with E-state index in [4.69, 9.17) is 11.5 Å².